The highest BCUT2D eigenvalue weighted by molar-refractivity contribution is 7.08. The number of hydrogen-bond donors (Lipinski definition) is 0. The molecular formula is C26H26B6N4O4S. The van der Waals surface area contributed by atoms with E-state index in [4.69, 9.17) is 61.7 Å². The van der Waals surface area contributed by atoms with Gasteiger partial charge < -0.3 is 19.3 Å². The smallest absolute Gasteiger partial charge is 0.273 e. The molecule has 15 heteroatoms. The molecule has 0 fully saturated rings. The van der Waals surface area contributed by atoms with Gasteiger partial charge in [-0.15, -0.1) is 0 Å². The van der Waals surface area contributed by atoms with Gasteiger partial charge in [0.25, 0.3) is 5.91 Å². The van der Waals surface area contributed by atoms with Gasteiger partial charge in [0.1, 0.15) is 18.1 Å². The van der Waals surface area contributed by atoms with E-state index in [1.165, 1.54) is 18.3 Å². The van der Waals surface area contributed by atoms with Crippen LogP contribution in [-0.2, 0) is 17.8 Å². The van der Waals surface area contributed by atoms with E-state index in [0.717, 1.165) is 38.8 Å². The first-order chi connectivity index (χ1) is 19.1. The Balaban J connectivity index is 1.84. The lowest BCUT2D eigenvalue weighted by molar-refractivity contribution is -0.129. The van der Waals surface area contributed by atoms with Crippen LogP contribution in [0.3, 0.4) is 0 Å². The van der Waals surface area contributed by atoms with Crippen molar-refractivity contribution in [2.75, 3.05) is 20.2 Å². The molecule has 0 spiro atoms. The fourth-order valence-electron chi connectivity index (χ4n) is 4.87. The van der Waals surface area contributed by atoms with Crippen molar-refractivity contribution in [1.29, 1.82) is 0 Å². The predicted octanol–water partition coefficient (Wildman–Crippen LogP) is 1.22. The highest BCUT2D eigenvalue weighted by Gasteiger charge is 2.36. The Bertz CT molecular complexity index is 1430. The molecule has 0 aliphatic carbocycles. The van der Waals surface area contributed by atoms with Gasteiger partial charge in [-0.1, -0.05) is 24.3 Å². The van der Waals surface area contributed by atoms with E-state index in [1.807, 2.05) is 29.0 Å². The second-order valence-corrected chi connectivity index (χ2v) is 11.3. The summed E-state index contributed by atoms with van der Waals surface area (Å²) in [5.41, 5.74) is 3.76. The number of fused-ring (bicyclic) bond motifs is 3. The van der Waals surface area contributed by atoms with E-state index in [9.17, 15) is 9.59 Å². The van der Waals surface area contributed by atoms with Gasteiger partial charge in [0.05, 0.1) is 65.6 Å². The van der Waals surface area contributed by atoms with Gasteiger partial charge in [-0.2, -0.15) is 16.4 Å². The molecule has 0 saturated heterocycles. The maximum Gasteiger partial charge on any atom is 0.273 e. The average Bonchev–Trinajstić information content (AvgIpc) is 3.52. The quantitative estimate of drug-likeness (QED) is 0.352. The topological polar surface area (TPSA) is 76.9 Å². The minimum atomic E-state index is -2.12. The summed E-state index contributed by atoms with van der Waals surface area (Å²) in [5, 5.41) is 4.44. The van der Waals surface area contributed by atoms with Crippen LogP contribution < -0.4 is 9.47 Å². The van der Waals surface area contributed by atoms with Crippen LogP contribution in [0, 0.1) is 5.92 Å². The number of thiophene rings is 1. The van der Waals surface area contributed by atoms with Gasteiger partial charge in [-0.05, 0) is 35.4 Å². The van der Waals surface area contributed by atoms with Crippen LogP contribution in [0.5, 0.6) is 11.5 Å². The fraction of sp³-hybridized carbons (Fsp3) is 0.423. The van der Waals surface area contributed by atoms with Crippen LogP contribution in [0.2, 0.25) is 0 Å². The summed E-state index contributed by atoms with van der Waals surface area (Å²) in [5.74, 6) is 0.496. The van der Waals surface area contributed by atoms with Gasteiger partial charge in [0.2, 0.25) is 5.91 Å². The number of carbonyl (C=O) groups is 2. The van der Waals surface area contributed by atoms with Crippen molar-refractivity contribution < 1.29 is 19.1 Å². The molecule has 3 heterocycles. The van der Waals surface area contributed by atoms with E-state index < -0.39 is 22.3 Å². The third-order valence-electron chi connectivity index (χ3n) is 6.68. The maximum absolute atomic E-state index is 14.0. The Morgan fingerprint density at radius 1 is 1.12 bits per heavy atom. The van der Waals surface area contributed by atoms with Crippen LogP contribution in [0.15, 0.2) is 29.0 Å². The number of carbonyl (C=O) groups excluding carboxylic acids is 2. The molecule has 1 aliphatic heterocycles. The molecule has 2 amide bonds. The first kappa shape index (κ1) is 31.0. The number of hydrogen-bond acceptors (Lipinski definition) is 6. The van der Waals surface area contributed by atoms with E-state index in [2.05, 4.69) is 13.8 Å². The molecule has 8 nitrogen and oxygen atoms in total. The lowest BCUT2D eigenvalue weighted by atomic mass is 9.47. The summed E-state index contributed by atoms with van der Waals surface area (Å²) in [6.45, 7) is 5.10. The van der Waals surface area contributed by atoms with Gasteiger partial charge in [-0.25, -0.2) is 4.68 Å². The maximum atomic E-state index is 14.0. The molecule has 198 valence electrons. The third kappa shape index (κ3) is 6.45. The SMILES string of the molecule is [B]C([B])([B])N(CCN(C(=O)c1nn(-c2ccsc2)c2c1COc1cc(OC)c(CC(C)C)cc1-2)C([B])([B])[B])C(C)=O. The molecule has 41 heavy (non-hydrogen) atoms. The molecular weight excluding hydrogens is 529 g/mol. The molecule has 0 bridgehead atoms. The number of methoxy groups -OCH3 is 1. The second kappa shape index (κ2) is 11.7. The summed E-state index contributed by atoms with van der Waals surface area (Å²) < 4.78 is 13.5. The number of amides is 2. The number of rotatable bonds is 10. The molecule has 1 aliphatic rings. The lowest BCUT2D eigenvalue weighted by Crippen LogP contribution is -2.59. The first-order valence-corrected chi connectivity index (χ1v) is 13.9. The summed E-state index contributed by atoms with van der Waals surface area (Å²) in [7, 11) is 36.9. The fourth-order valence-corrected chi connectivity index (χ4v) is 5.49. The van der Waals surface area contributed by atoms with E-state index >= 15 is 0 Å². The molecule has 2 aromatic heterocycles. The first-order valence-electron chi connectivity index (χ1n) is 13.0. The van der Waals surface area contributed by atoms with Gasteiger partial charge >= 0.3 is 0 Å². The van der Waals surface area contributed by atoms with Crippen LogP contribution in [-0.4, -0.2) is 109 Å². The zero-order chi connectivity index (χ0) is 30.3. The Labute approximate surface area is 253 Å². The summed E-state index contributed by atoms with van der Waals surface area (Å²) in [4.78, 5) is 28.1. The van der Waals surface area contributed by atoms with Crippen molar-refractivity contribution in [3.63, 3.8) is 0 Å². The van der Waals surface area contributed by atoms with Crippen LogP contribution in [0.25, 0.3) is 16.9 Å². The Kier molecular flexibility index (Phi) is 8.88. The lowest BCUT2D eigenvalue weighted by Gasteiger charge is -2.42. The zero-order valence-electron chi connectivity index (χ0n) is 23.6. The van der Waals surface area contributed by atoms with Gasteiger partial charge in [0, 0.05) is 42.6 Å². The number of ether oxygens (including phenoxy) is 2. The van der Waals surface area contributed by atoms with Crippen LogP contribution in [0.1, 0.15) is 42.4 Å². The Hall–Kier alpha value is -2.94. The Morgan fingerprint density at radius 2 is 1.78 bits per heavy atom. The van der Waals surface area contributed by atoms with Gasteiger partial charge in [0.15, 0.2) is 5.69 Å². The normalized spacial score (nSPS) is 12.8. The summed E-state index contributed by atoms with van der Waals surface area (Å²) >= 11 is 1.49. The van der Waals surface area contributed by atoms with Crippen molar-refractivity contribution >= 4 is 70.2 Å². The summed E-state index contributed by atoms with van der Waals surface area (Å²) in [6, 6.07) is 5.76. The van der Waals surface area contributed by atoms with E-state index in [-0.39, 0.29) is 25.4 Å². The molecule has 3 aromatic rings. The number of aromatic nitrogens is 2. The molecule has 0 unspecified atom stereocenters. The van der Waals surface area contributed by atoms with E-state index in [1.54, 1.807) is 11.8 Å². The third-order valence-corrected chi connectivity index (χ3v) is 7.35. The molecule has 0 N–H and O–H groups in total. The van der Waals surface area contributed by atoms with Crippen molar-refractivity contribution in [3.8, 4) is 28.4 Å². The molecule has 1 aromatic carbocycles. The van der Waals surface area contributed by atoms with Crippen LogP contribution >= 0.6 is 11.3 Å². The van der Waals surface area contributed by atoms with Crippen molar-refractivity contribution in [3.05, 3.63) is 45.8 Å². The zero-order valence-corrected chi connectivity index (χ0v) is 24.4. The van der Waals surface area contributed by atoms with Crippen molar-refractivity contribution in [2.45, 2.75) is 44.3 Å². The number of nitrogens with zero attached hydrogens (tertiary/aromatic N) is 4. The molecule has 12 radical (unpaired) electrons. The highest BCUT2D eigenvalue weighted by Crippen LogP contribution is 2.44. The second-order valence-electron chi connectivity index (χ2n) is 10.5. The predicted molar refractivity (Wildman–Crippen MR) is 165 cm³/mol. The van der Waals surface area contributed by atoms with E-state index in [0.29, 0.717) is 22.9 Å². The van der Waals surface area contributed by atoms with Crippen molar-refractivity contribution in [2.24, 2.45) is 5.92 Å². The molecule has 4 rings (SSSR count). The minimum absolute atomic E-state index is 0.0395. The minimum Gasteiger partial charge on any atom is -0.496 e. The largest absolute Gasteiger partial charge is 0.496 e. The van der Waals surface area contributed by atoms with Crippen molar-refractivity contribution in [1.82, 2.24) is 19.6 Å². The Morgan fingerprint density at radius 3 is 2.32 bits per heavy atom. The van der Waals surface area contributed by atoms with Crippen LogP contribution in [0.4, 0.5) is 0 Å². The van der Waals surface area contributed by atoms with Gasteiger partial charge in [-0.3, -0.25) is 9.59 Å². The molecule has 0 atom stereocenters. The standard InChI is InChI=1S/C26H26B6N4O4S/c1-14(2)9-16-10-18-21(11-20(16)39-4)40-12-19-22(33-36(23(18)19)17-5-8-41-13-17)24(38)35(26(30,31)32)7-6-34(15(3)37)25(27,28)29/h5,8,10-11,13-14H,6-7,9,12H2,1-4H3. The highest BCUT2D eigenvalue weighted by atomic mass is 32.1. The average molecular weight is 555 g/mol. The summed E-state index contributed by atoms with van der Waals surface area (Å²) in [6.07, 6.45) is 0.769. The molecule has 0 saturated carbocycles. The number of benzene rings is 1. The monoisotopic (exact) mass is 556 g/mol.